The molecule has 3 N–H and O–H groups in total. The molecule has 6 aliphatic rings. The molecule has 52 heavy (non-hydrogen) atoms. The lowest BCUT2D eigenvalue weighted by atomic mass is 9.43. The number of hydrogen-bond donors (Lipinski definition) is 3. The Bertz CT molecular complexity index is 1770. The van der Waals surface area contributed by atoms with Crippen LogP contribution < -0.4 is 5.32 Å². The summed E-state index contributed by atoms with van der Waals surface area (Å²) in [6.45, 7) is 7.15. The van der Waals surface area contributed by atoms with E-state index in [9.17, 15) is 19.8 Å². The number of carbonyl (C=O) groups is 2. The van der Waals surface area contributed by atoms with Gasteiger partial charge < -0.3 is 34.5 Å². The molecule has 0 radical (unpaired) electrons. The molecule has 6 fully saturated rings. The third-order valence-electron chi connectivity index (χ3n) is 14.3. The van der Waals surface area contributed by atoms with Crippen LogP contribution in [0.1, 0.15) is 72.8 Å². The average Bonchev–Trinajstić information content (AvgIpc) is 3.51. The van der Waals surface area contributed by atoms with E-state index in [1.54, 1.807) is 51.7 Å². The highest BCUT2D eigenvalue weighted by Gasteiger charge is 2.88. The molecule has 2 aromatic rings. The Morgan fingerprint density at radius 2 is 1.77 bits per heavy atom. The standard InChI is InChI=1S/C41H53N3O8/c1-7-44-22-38(52-37(46)28-10-8-9-11-30(28)43-34(45)13-12-25-16-23(2)42-24(3)17-25)15-14-33(50-5)40-31(38)20-29(35(40)44)39(47)21-27(49-4)18-26-19-32(40)41(39,48)36(26)51-6/h8-13,16-17,26-27,29,31-33,35-36,47-48H,7,14-15,18-22H2,1-6H3,(H,43,45)/b13-12+/t26-,27+,29+,31+,32-,33-,35?,36-,38+,39-,40-,41-/m0/s1. The number of ether oxygens (including phenoxy) is 4. The van der Waals surface area contributed by atoms with E-state index in [4.69, 9.17) is 18.9 Å². The Labute approximate surface area is 306 Å². The van der Waals surface area contributed by atoms with Crippen molar-refractivity contribution >= 4 is 23.6 Å². The van der Waals surface area contributed by atoms with Crippen molar-refractivity contribution in [2.45, 2.75) is 100 Å². The predicted octanol–water partition coefficient (Wildman–Crippen LogP) is 4.32. The number of likely N-dealkylation sites (N-methyl/N-ethyl adjacent to an activating group) is 1. The minimum atomic E-state index is -1.52. The first-order valence-corrected chi connectivity index (χ1v) is 18.9. The lowest BCUT2D eigenvalue weighted by Gasteiger charge is -2.70. The van der Waals surface area contributed by atoms with E-state index in [1.165, 1.54) is 6.08 Å². The summed E-state index contributed by atoms with van der Waals surface area (Å²) in [5.41, 5.74) is -1.24. The summed E-state index contributed by atoms with van der Waals surface area (Å²) in [5, 5.41) is 29.2. The average molecular weight is 716 g/mol. The highest BCUT2D eigenvalue weighted by atomic mass is 16.6. The monoisotopic (exact) mass is 715 g/mol. The van der Waals surface area contributed by atoms with Crippen LogP contribution in [0.3, 0.4) is 0 Å². The van der Waals surface area contributed by atoms with Crippen LogP contribution in [-0.2, 0) is 23.7 Å². The Hall–Kier alpha value is -3.19. The summed E-state index contributed by atoms with van der Waals surface area (Å²) >= 11 is 0. The lowest BCUT2D eigenvalue weighted by molar-refractivity contribution is -0.328. The van der Waals surface area contributed by atoms with Crippen LogP contribution in [-0.4, -0.2) is 108 Å². The summed E-state index contributed by atoms with van der Waals surface area (Å²) in [4.78, 5) is 34.5. The van der Waals surface area contributed by atoms with E-state index >= 15 is 0 Å². The molecule has 8 rings (SSSR count). The third-order valence-corrected chi connectivity index (χ3v) is 14.3. The van der Waals surface area contributed by atoms with Crippen molar-refractivity contribution in [3.8, 4) is 0 Å². The fraction of sp³-hybridized carbons (Fsp3) is 0.634. The van der Waals surface area contributed by atoms with Gasteiger partial charge in [0, 0.05) is 81.0 Å². The number of aryl methyl sites for hydroxylation is 2. The maximum atomic E-state index is 14.5. The van der Waals surface area contributed by atoms with Crippen LogP contribution in [0, 0.1) is 42.9 Å². The van der Waals surface area contributed by atoms with Crippen molar-refractivity contribution in [1.29, 1.82) is 0 Å². The molecule has 1 amide bonds. The van der Waals surface area contributed by atoms with Gasteiger partial charge in [-0.05, 0) is 94.3 Å². The van der Waals surface area contributed by atoms with E-state index in [0.717, 1.165) is 17.0 Å². The van der Waals surface area contributed by atoms with Gasteiger partial charge in [-0.15, -0.1) is 0 Å². The summed E-state index contributed by atoms with van der Waals surface area (Å²) < 4.78 is 25.4. The van der Waals surface area contributed by atoms with Crippen molar-refractivity contribution in [2.75, 3.05) is 39.7 Å². The molecule has 1 aromatic carbocycles. The van der Waals surface area contributed by atoms with Gasteiger partial charge in [-0.25, -0.2) is 4.79 Å². The van der Waals surface area contributed by atoms with Crippen molar-refractivity contribution in [3.05, 3.63) is 65.0 Å². The number of hydrogen-bond acceptors (Lipinski definition) is 10. The van der Waals surface area contributed by atoms with Crippen molar-refractivity contribution < 1.29 is 38.7 Å². The van der Waals surface area contributed by atoms with Crippen molar-refractivity contribution in [2.24, 2.45) is 29.1 Å². The molecule has 1 aromatic heterocycles. The molecule has 1 aliphatic heterocycles. The van der Waals surface area contributed by atoms with Gasteiger partial charge >= 0.3 is 5.97 Å². The fourth-order valence-corrected chi connectivity index (χ4v) is 12.9. The second-order valence-corrected chi connectivity index (χ2v) is 16.4. The summed E-state index contributed by atoms with van der Waals surface area (Å²) in [5.74, 6) is -1.69. The normalized spacial score (nSPS) is 41.5. The number of fused-ring (bicyclic) bond motifs is 2. The number of aliphatic hydroxyl groups is 2. The van der Waals surface area contributed by atoms with Gasteiger partial charge in [-0.2, -0.15) is 0 Å². The summed E-state index contributed by atoms with van der Waals surface area (Å²) in [6.07, 6.45) is 5.73. The number of methoxy groups -OCH3 is 3. The van der Waals surface area contributed by atoms with Crippen molar-refractivity contribution in [1.82, 2.24) is 9.88 Å². The number of pyridine rings is 1. The number of nitrogens with zero attached hydrogens (tertiary/aromatic N) is 2. The third kappa shape index (κ3) is 4.82. The summed E-state index contributed by atoms with van der Waals surface area (Å²) in [6, 6.07) is 10.7. The Morgan fingerprint density at radius 3 is 2.46 bits per heavy atom. The molecule has 11 nitrogen and oxygen atoms in total. The minimum Gasteiger partial charge on any atom is -0.454 e. The van der Waals surface area contributed by atoms with Crippen LogP contribution in [0.2, 0.25) is 0 Å². The highest BCUT2D eigenvalue weighted by Crippen LogP contribution is 2.78. The first kappa shape index (κ1) is 35.8. The number of likely N-dealkylation sites (tertiary alicyclic amines) is 1. The van der Waals surface area contributed by atoms with E-state index < -0.39 is 34.3 Å². The van der Waals surface area contributed by atoms with Crippen LogP contribution in [0.25, 0.3) is 6.08 Å². The van der Waals surface area contributed by atoms with Crippen molar-refractivity contribution in [3.63, 3.8) is 0 Å². The van der Waals surface area contributed by atoms with Gasteiger partial charge in [-0.3, -0.25) is 14.7 Å². The first-order chi connectivity index (χ1) is 24.9. The number of anilines is 1. The van der Waals surface area contributed by atoms with Crippen LogP contribution in [0.4, 0.5) is 5.69 Å². The molecule has 1 saturated heterocycles. The zero-order valence-corrected chi connectivity index (χ0v) is 31.1. The van der Waals surface area contributed by atoms with Crippen LogP contribution >= 0.6 is 0 Å². The smallest absolute Gasteiger partial charge is 0.340 e. The van der Waals surface area contributed by atoms with Gasteiger partial charge in [0.15, 0.2) is 0 Å². The van der Waals surface area contributed by atoms with Crippen LogP contribution in [0.15, 0.2) is 42.5 Å². The van der Waals surface area contributed by atoms with Gasteiger partial charge in [0.2, 0.25) is 5.91 Å². The molecule has 5 saturated carbocycles. The number of nitrogens with one attached hydrogen (secondary N) is 1. The number of amides is 1. The van der Waals surface area contributed by atoms with Gasteiger partial charge in [-0.1, -0.05) is 19.1 Å². The number of esters is 1. The Balaban J connectivity index is 1.16. The zero-order chi connectivity index (χ0) is 36.8. The second kappa shape index (κ2) is 12.7. The molecule has 1 unspecified atom stereocenters. The molecular weight excluding hydrogens is 662 g/mol. The molecule has 280 valence electrons. The number of para-hydroxylation sites is 1. The fourth-order valence-electron chi connectivity index (χ4n) is 12.9. The molecule has 12 atom stereocenters. The van der Waals surface area contributed by atoms with E-state index in [1.807, 2.05) is 26.0 Å². The number of carbonyl (C=O) groups excluding carboxylic acids is 2. The Morgan fingerprint density at radius 1 is 1.02 bits per heavy atom. The van der Waals surface area contributed by atoms with Gasteiger partial charge in [0.25, 0.3) is 0 Å². The molecule has 1 spiro atoms. The zero-order valence-electron chi connectivity index (χ0n) is 31.1. The highest BCUT2D eigenvalue weighted by molar-refractivity contribution is 6.06. The minimum absolute atomic E-state index is 0.00368. The molecule has 2 heterocycles. The van der Waals surface area contributed by atoms with E-state index in [0.29, 0.717) is 57.3 Å². The quantitative estimate of drug-likeness (QED) is 0.254. The number of rotatable bonds is 9. The number of piperidine rings is 1. The van der Waals surface area contributed by atoms with E-state index in [2.05, 4.69) is 22.1 Å². The predicted molar refractivity (Wildman–Crippen MR) is 193 cm³/mol. The molecule has 11 heteroatoms. The largest absolute Gasteiger partial charge is 0.454 e. The maximum Gasteiger partial charge on any atom is 0.340 e. The number of aromatic nitrogens is 1. The summed E-state index contributed by atoms with van der Waals surface area (Å²) in [7, 11) is 5.09. The molecular formula is C41H53N3O8. The van der Waals surface area contributed by atoms with Crippen LogP contribution in [0.5, 0.6) is 0 Å². The first-order valence-electron chi connectivity index (χ1n) is 18.9. The van der Waals surface area contributed by atoms with Gasteiger partial charge in [0.1, 0.15) is 16.8 Å². The SMILES string of the molecule is CCN1C[C@]2(OC(=O)c3ccccc3NC(=O)/C=C/c3cc(C)nc(C)c3)CC[C@H](OC)[C@]34C1[C@@H](C[C@H]23)[C@@]1(O)C[C@H](OC)C[C@H]2C[C@@H]4[C@]1(O)[C@H]2OC. The lowest BCUT2D eigenvalue weighted by Crippen LogP contribution is -2.82. The maximum absolute atomic E-state index is 14.5. The molecule has 7 bridgehead atoms. The number of benzene rings is 1. The molecule has 5 aliphatic carbocycles. The topological polar surface area (TPSA) is 140 Å². The Kier molecular flexibility index (Phi) is 8.75. The van der Waals surface area contributed by atoms with Gasteiger partial charge in [0.05, 0.1) is 29.6 Å². The second-order valence-electron chi connectivity index (χ2n) is 16.4. The van der Waals surface area contributed by atoms with E-state index in [-0.39, 0.29) is 53.4 Å².